The van der Waals surface area contributed by atoms with Crippen molar-refractivity contribution in [2.24, 2.45) is 5.11 Å². The smallest absolute Gasteiger partial charge is 0.416 e. The van der Waals surface area contributed by atoms with E-state index >= 15 is 0 Å². The molecule has 0 radical (unpaired) electrons. The number of hydrogen-bond acceptors (Lipinski definition) is 4. The molecule has 1 fully saturated rings. The van der Waals surface area contributed by atoms with Crippen molar-refractivity contribution in [2.75, 3.05) is 13.2 Å². The van der Waals surface area contributed by atoms with Gasteiger partial charge in [0.1, 0.15) is 13.2 Å². The molecule has 1 heterocycles. The van der Waals surface area contributed by atoms with Crippen LogP contribution in [0.25, 0.3) is 10.4 Å². The van der Waals surface area contributed by atoms with Gasteiger partial charge in [-0.3, -0.25) is 4.79 Å². The lowest BCUT2D eigenvalue weighted by Gasteiger charge is -2.18. The molecule has 2 amide bonds. The third-order valence-corrected chi connectivity index (χ3v) is 2.81. The molecule has 7 heteroatoms. The summed E-state index contributed by atoms with van der Waals surface area (Å²) in [7, 11) is 0. The highest BCUT2D eigenvalue weighted by molar-refractivity contribution is 5.94. The van der Waals surface area contributed by atoms with Crippen LogP contribution < -0.4 is 0 Å². The first-order chi connectivity index (χ1) is 9.22. The van der Waals surface area contributed by atoms with Gasteiger partial charge in [-0.05, 0) is 17.5 Å². The quantitative estimate of drug-likeness (QED) is 0.469. The molecule has 1 aromatic carbocycles. The molecule has 2 rings (SSSR count). The van der Waals surface area contributed by atoms with Crippen LogP contribution in [0, 0.1) is 0 Å². The van der Waals surface area contributed by atoms with E-state index in [-0.39, 0.29) is 19.2 Å². The zero-order valence-electron chi connectivity index (χ0n) is 10.1. The third kappa shape index (κ3) is 3.02. The van der Waals surface area contributed by atoms with Crippen molar-refractivity contribution in [3.63, 3.8) is 0 Å². The van der Waals surface area contributed by atoms with Crippen LogP contribution in [-0.4, -0.2) is 36.1 Å². The Balaban J connectivity index is 2.09. The average Bonchev–Trinajstić information content (AvgIpc) is 2.78. The second-order valence-corrected chi connectivity index (χ2v) is 4.07. The van der Waals surface area contributed by atoms with Crippen molar-refractivity contribution < 1.29 is 14.3 Å². The SMILES string of the molecule is [N-]=[N+]=NCC(=O)N1C(=O)OCC1Cc1ccccc1. The Morgan fingerprint density at radius 2 is 2.21 bits per heavy atom. The van der Waals surface area contributed by atoms with Gasteiger partial charge in [-0.2, -0.15) is 0 Å². The summed E-state index contributed by atoms with van der Waals surface area (Å²) in [6.07, 6.45) is -0.159. The summed E-state index contributed by atoms with van der Waals surface area (Å²) in [6.45, 7) is -0.216. The van der Waals surface area contributed by atoms with Gasteiger partial charge in [-0.25, -0.2) is 9.69 Å². The highest BCUT2D eigenvalue weighted by atomic mass is 16.6. The Morgan fingerprint density at radius 3 is 2.89 bits per heavy atom. The summed E-state index contributed by atoms with van der Waals surface area (Å²) < 4.78 is 4.88. The van der Waals surface area contributed by atoms with Crippen LogP contribution in [0.15, 0.2) is 35.4 Å². The maximum atomic E-state index is 11.8. The van der Waals surface area contributed by atoms with Gasteiger partial charge < -0.3 is 4.74 Å². The summed E-state index contributed by atoms with van der Waals surface area (Å²) in [4.78, 5) is 26.8. The first kappa shape index (κ1) is 12.9. The van der Waals surface area contributed by atoms with E-state index < -0.39 is 12.0 Å². The number of benzene rings is 1. The molecular weight excluding hydrogens is 248 g/mol. The minimum absolute atomic E-state index is 0.162. The molecule has 1 aliphatic rings. The Morgan fingerprint density at radius 1 is 1.47 bits per heavy atom. The molecule has 0 aromatic heterocycles. The van der Waals surface area contributed by atoms with Crippen LogP contribution in [-0.2, 0) is 16.0 Å². The highest BCUT2D eigenvalue weighted by Crippen LogP contribution is 2.17. The molecule has 19 heavy (non-hydrogen) atoms. The zero-order chi connectivity index (χ0) is 13.7. The van der Waals surface area contributed by atoms with Crippen molar-refractivity contribution in [3.05, 3.63) is 46.3 Å². The zero-order valence-corrected chi connectivity index (χ0v) is 10.1. The minimum Gasteiger partial charge on any atom is -0.447 e. The van der Waals surface area contributed by atoms with Crippen molar-refractivity contribution in [3.8, 4) is 0 Å². The van der Waals surface area contributed by atoms with Crippen molar-refractivity contribution in [1.29, 1.82) is 0 Å². The molecule has 7 nitrogen and oxygen atoms in total. The summed E-state index contributed by atoms with van der Waals surface area (Å²) in [6, 6.07) is 9.15. The van der Waals surface area contributed by atoms with Gasteiger partial charge in [0.05, 0.1) is 6.04 Å². The van der Waals surface area contributed by atoms with Gasteiger partial charge in [0, 0.05) is 4.91 Å². The minimum atomic E-state index is -0.681. The van der Waals surface area contributed by atoms with E-state index in [1.54, 1.807) is 0 Å². The van der Waals surface area contributed by atoms with E-state index in [2.05, 4.69) is 10.0 Å². The average molecular weight is 260 g/mol. The number of carbonyl (C=O) groups is 2. The molecule has 1 atom stereocenters. The third-order valence-electron chi connectivity index (χ3n) is 2.81. The number of rotatable bonds is 4. The van der Waals surface area contributed by atoms with E-state index in [9.17, 15) is 9.59 Å². The Hall–Kier alpha value is -2.53. The van der Waals surface area contributed by atoms with Crippen LogP contribution in [0.2, 0.25) is 0 Å². The van der Waals surface area contributed by atoms with Crippen LogP contribution >= 0.6 is 0 Å². The maximum Gasteiger partial charge on any atom is 0.416 e. The lowest BCUT2D eigenvalue weighted by molar-refractivity contribution is -0.127. The summed E-state index contributed by atoms with van der Waals surface area (Å²) in [5, 5.41) is 3.17. The van der Waals surface area contributed by atoms with Crippen LogP contribution in [0.5, 0.6) is 0 Å². The lowest BCUT2D eigenvalue weighted by Crippen LogP contribution is -2.41. The molecule has 1 unspecified atom stereocenters. The molecular formula is C12H12N4O3. The molecule has 1 saturated heterocycles. The number of cyclic esters (lactones) is 1. The van der Waals surface area contributed by atoms with Gasteiger partial charge >= 0.3 is 6.09 Å². The molecule has 0 bridgehead atoms. The Kier molecular flexibility index (Phi) is 4.00. The van der Waals surface area contributed by atoms with Crippen LogP contribution in [0.3, 0.4) is 0 Å². The molecule has 1 aromatic rings. The number of nitrogens with zero attached hydrogens (tertiary/aromatic N) is 4. The predicted molar refractivity (Wildman–Crippen MR) is 66.1 cm³/mol. The van der Waals surface area contributed by atoms with E-state index in [0.717, 1.165) is 10.5 Å². The molecule has 98 valence electrons. The van der Waals surface area contributed by atoms with E-state index in [4.69, 9.17) is 10.3 Å². The van der Waals surface area contributed by atoms with Crippen molar-refractivity contribution in [2.45, 2.75) is 12.5 Å². The second-order valence-electron chi connectivity index (χ2n) is 4.07. The Labute approximate surface area is 109 Å². The fourth-order valence-corrected chi connectivity index (χ4v) is 1.97. The summed E-state index contributed by atoms with van der Waals surface area (Å²) in [5.41, 5.74) is 9.20. The standard InChI is InChI=1S/C12H12N4O3/c13-15-14-7-11(17)16-10(8-19-12(16)18)6-9-4-2-1-3-5-9/h1-5,10H,6-8H2. The van der Waals surface area contributed by atoms with E-state index in [1.165, 1.54) is 0 Å². The number of carbonyl (C=O) groups excluding carboxylic acids is 2. The molecule has 0 saturated carbocycles. The number of ether oxygens (including phenoxy) is 1. The van der Waals surface area contributed by atoms with Gasteiger partial charge in [0.15, 0.2) is 0 Å². The maximum absolute atomic E-state index is 11.8. The van der Waals surface area contributed by atoms with Crippen molar-refractivity contribution in [1.82, 2.24) is 4.90 Å². The Bertz CT molecular complexity index is 525. The van der Waals surface area contributed by atoms with Gasteiger partial charge in [-0.15, -0.1) is 0 Å². The topological polar surface area (TPSA) is 95.4 Å². The highest BCUT2D eigenvalue weighted by Gasteiger charge is 2.37. The molecule has 0 spiro atoms. The summed E-state index contributed by atoms with van der Waals surface area (Å²) in [5.74, 6) is -0.541. The van der Waals surface area contributed by atoms with Gasteiger partial charge in [0.2, 0.25) is 5.91 Å². The normalized spacial score (nSPS) is 17.8. The van der Waals surface area contributed by atoms with Crippen molar-refractivity contribution >= 4 is 12.0 Å². The molecule has 1 aliphatic heterocycles. The van der Waals surface area contributed by atoms with Crippen LogP contribution in [0.1, 0.15) is 5.56 Å². The van der Waals surface area contributed by atoms with Gasteiger partial charge in [-0.1, -0.05) is 35.4 Å². The number of imide groups is 1. The fourth-order valence-electron chi connectivity index (χ4n) is 1.97. The van der Waals surface area contributed by atoms with Gasteiger partial charge in [0.25, 0.3) is 0 Å². The molecule has 0 aliphatic carbocycles. The first-order valence-corrected chi connectivity index (χ1v) is 5.76. The van der Waals surface area contributed by atoms with E-state index in [0.29, 0.717) is 6.42 Å². The summed E-state index contributed by atoms with van der Waals surface area (Å²) >= 11 is 0. The fraction of sp³-hybridized carbons (Fsp3) is 0.333. The molecule has 0 N–H and O–H groups in total. The van der Waals surface area contributed by atoms with Crippen LogP contribution in [0.4, 0.5) is 4.79 Å². The number of amides is 2. The predicted octanol–water partition coefficient (Wildman–Crippen LogP) is 1.89. The second kappa shape index (κ2) is 5.88. The number of hydrogen-bond donors (Lipinski definition) is 0. The number of azide groups is 1. The largest absolute Gasteiger partial charge is 0.447 e. The monoisotopic (exact) mass is 260 g/mol. The lowest BCUT2D eigenvalue weighted by atomic mass is 10.1. The first-order valence-electron chi connectivity index (χ1n) is 5.76. The van der Waals surface area contributed by atoms with E-state index in [1.807, 2.05) is 30.3 Å².